The number of amides is 1. The molecule has 1 N–H and O–H groups in total. The lowest BCUT2D eigenvalue weighted by Crippen LogP contribution is -2.50. The number of carbonyl (C=O) groups is 2. The fourth-order valence-corrected chi connectivity index (χ4v) is 3.50. The predicted octanol–water partition coefficient (Wildman–Crippen LogP) is 2.46. The topological polar surface area (TPSA) is 66.8 Å². The molecule has 1 aliphatic heterocycles. The van der Waals surface area contributed by atoms with Crippen LogP contribution < -0.4 is 0 Å². The number of halogens is 1. The van der Waals surface area contributed by atoms with Crippen molar-refractivity contribution in [1.82, 2.24) is 4.90 Å². The second-order valence-corrected chi connectivity index (χ2v) is 6.74. The van der Waals surface area contributed by atoms with Crippen LogP contribution in [-0.4, -0.2) is 41.6 Å². The van der Waals surface area contributed by atoms with E-state index in [1.807, 2.05) is 24.3 Å². The molecule has 22 heavy (non-hydrogen) atoms. The fourth-order valence-electron chi connectivity index (χ4n) is 3.08. The Hall–Kier alpha value is -1.40. The molecule has 0 aromatic heterocycles. The highest BCUT2D eigenvalue weighted by Gasteiger charge is 2.44. The van der Waals surface area contributed by atoms with Crippen LogP contribution in [0.25, 0.3) is 0 Å². The van der Waals surface area contributed by atoms with E-state index in [0.29, 0.717) is 32.5 Å². The summed E-state index contributed by atoms with van der Waals surface area (Å²) in [5.74, 6) is -1.78. The number of hydrogen-bond donors (Lipinski definition) is 1. The lowest BCUT2D eigenvalue weighted by atomic mass is 9.73. The molecule has 118 valence electrons. The summed E-state index contributed by atoms with van der Waals surface area (Å²) >= 11 is 3.44. The van der Waals surface area contributed by atoms with Crippen molar-refractivity contribution in [1.29, 1.82) is 0 Å². The Kier molecular flexibility index (Phi) is 4.49. The first-order chi connectivity index (χ1) is 10.6. The third-order valence-corrected chi connectivity index (χ3v) is 5.00. The third-order valence-electron chi connectivity index (χ3n) is 4.51. The second kappa shape index (κ2) is 6.38. The summed E-state index contributed by atoms with van der Waals surface area (Å²) in [6.45, 7) is 1.50. The zero-order valence-electron chi connectivity index (χ0n) is 12.1. The number of aliphatic carboxylic acids is 1. The Balaban J connectivity index is 1.68. The minimum absolute atomic E-state index is 0.0399. The Morgan fingerprint density at radius 1 is 1.27 bits per heavy atom. The minimum Gasteiger partial charge on any atom is -0.481 e. The zero-order valence-corrected chi connectivity index (χ0v) is 13.7. The number of benzene rings is 1. The standard InChI is InChI=1S/C16H18BrNO4/c17-11-3-1-2-10(8-11)14-9-18(6-7-22-14)15(19)12-4-5-13(12)16(20)21/h1-3,8,12-14H,4-7,9H2,(H,20,21). The van der Waals surface area contributed by atoms with Crippen LogP contribution in [0.5, 0.6) is 0 Å². The van der Waals surface area contributed by atoms with Gasteiger partial charge in [-0.15, -0.1) is 0 Å². The average Bonchev–Trinajstić information content (AvgIpc) is 2.45. The van der Waals surface area contributed by atoms with Crippen LogP contribution in [0.3, 0.4) is 0 Å². The third kappa shape index (κ3) is 3.03. The second-order valence-electron chi connectivity index (χ2n) is 5.83. The van der Waals surface area contributed by atoms with E-state index in [1.165, 1.54) is 0 Å². The molecule has 0 spiro atoms. The van der Waals surface area contributed by atoms with Gasteiger partial charge >= 0.3 is 5.97 Å². The van der Waals surface area contributed by atoms with Crippen LogP contribution in [0.1, 0.15) is 24.5 Å². The molecule has 1 heterocycles. The lowest BCUT2D eigenvalue weighted by molar-refractivity contribution is -0.160. The molecule has 3 atom stereocenters. The summed E-state index contributed by atoms with van der Waals surface area (Å²) in [5.41, 5.74) is 1.02. The van der Waals surface area contributed by atoms with Gasteiger partial charge in [0.05, 0.1) is 25.0 Å². The van der Waals surface area contributed by atoms with Crippen molar-refractivity contribution in [2.24, 2.45) is 11.8 Å². The Morgan fingerprint density at radius 3 is 2.68 bits per heavy atom. The number of nitrogens with zero attached hydrogens (tertiary/aromatic N) is 1. The molecule has 0 bridgehead atoms. The highest BCUT2D eigenvalue weighted by Crippen LogP contribution is 2.37. The summed E-state index contributed by atoms with van der Waals surface area (Å²) in [6.07, 6.45) is 1.12. The van der Waals surface area contributed by atoms with Gasteiger partial charge in [-0.3, -0.25) is 9.59 Å². The predicted molar refractivity (Wildman–Crippen MR) is 83.3 cm³/mol. The van der Waals surface area contributed by atoms with Gasteiger partial charge in [-0.05, 0) is 30.5 Å². The van der Waals surface area contributed by atoms with E-state index in [2.05, 4.69) is 15.9 Å². The van der Waals surface area contributed by atoms with E-state index in [-0.39, 0.29) is 17.9 Å². The Bertz CT molecular complexity index is 591. The van der Waals surface area contributed by atoms with Gasteiger partial charge in [-0.25, -0.2) is 0 Å². The van der Waals surface area contributed by atoms with E-state index in [0.717, 1.165) is 10.0 Å². The van der Waals surface area contributed by atoms with E-state index < -0.39 is 11.9 Å². The van der Waals surface area contributed by atoms with Crippen LogP contribution >= 0.6 is 15.9 Å². The number of hydrogen-bond acceptors (Lipinski definition) is 3. The van der Waals surface area contributed by atoms with Crippen molar-refractivity contribution in [3.05, 3.63) is 34.3 Å². The molecule has 6 heteroatoms. The number of ether oxygens (including phenoxy) is 1. The molecule has 1 aromatic carbocycles. The first-order valence-electron chi connectivity index (χ1n) is 7.45. The summed E-state index contributed by atoms with van der Waals surface area (Å²) < 4.78 is 6.75. The normalized spacial score (nSPS) is 28.0. The van der Waals surface area contributed by atoms with Gasteiger partial charge in [-0.2, -0.15) is 0 Å². The molecule has 5 nitrogen and oxygen atoms in total. The fraction of sp³-hybridized carbons (Fsp3) is 0.500. The molecule has 1 saturated carbocycles. The van der Waals surface area contributed by atoms with Crippen LogP contribution in [0.4, 0.5) is 0 Å². The molecule has 3 unspecified atom stereocenters. The molecule has 1 saturated heterocycles. The van der Waals surface area contributed by atoms with Crippen molar-refractivity contribution >= 4 is 27.8 Å². The van der Waals surface area contributed by atoms with Gasteiger partial charge in [0.15, 0.2) is 0 Å². The molecule has 0 radical (unpaired) electrons. The zero-order chi connectivity index (χ0) is 15.7. The number of morpholine rings is 1. The van der Waals surface area contributed by atoms with E-state index in [4.69, 9.17) is 9.84 Å². The van der Waals surface area contributed by atoms with Gasteiger partial charge in [0.25, 0.3) is 0 Å². The van der Waals surface area contributed by atoms with Gasteiger partial charge in [0, 0.05) is 11.0 Å². The van der Waals surface area contributed by atoms with E-state index in [9.17, 15) is 9.59 Å². The summed E-state index contributed by atoms with van der Waals surface area (Å²) in [4.78, 5) is 25.4. The first kappa shape index (κ1) is 15.5. The molecule has 1 aromatic rings. The minimum atomic E-state index is -0.860. The van der Waals surface area contributed by atoms with Crippen molar-refractivity contribution in [3.63, 3.8) is 0 Å². The Labute approximate surface area is 137 Å². The number of carboxylic acids is 1. The maximum atomic E-state index is 12.5. The summed E-state index contributed by atoms with van der Waals surface area (Å²) in [7, 11) is 0. The van der Waals surface area contributed by atoms with E-state index in [1.54, 1.807) is 4.90 Å². The molecule has 1 amide bonds. The van der Waals surface area contributed by atoms with Gasteiger partial charge < -0.3 is 14.7 Å². The largest absolute Gasteiger partial charge is 0.481 e. The molecule has 2 fully saturated rings. The molecular formula is C16H18BrNO4. The van der Waals surface area contributed by atoms with Gasteiger partial charge in [0.1, 0.15) is 6.10 Å². The summed E-state index contributed by atoms with van der Waals surface area (Å²) in [5, 5.41) is 9.11. The van der Waals surface area contributed by atoms with Gasteiger partial charge in [0.2, 0.25) is 5.91 Å². The molecule has 3 rings (SSSR count). The monoisotopic (exact) mass is 367 g/mol. The number of rotatable bonds is 3. The summed E-state index contributed by atoms with van der Waals surface area (Å²) in [6, 6.07) is 7.85. The number of carboxylic acid groups (broad SMARTS) is 1. The molecule has 1 aliphatic carbocycles. The van der Waals surface area contributed by atoms with Crippen LogP contribution in [0.2, 0.25) is 0 Å². The average molecular weight is 368 g/mol. The molecule has 2 aliphatic rings. The van der Waals surface area contributed by atoms with Crippen molar-refractivity contribution in [2.75, 3.05) is 19.7 Å². The smallest absolute Gasteiger partial charge is 0.307 e. The van der Waals surface area contributed by atoms with Gasteiger partial charge in [-0.1, -0.05) is 28.1 Å². The maximum absolute atomic E-state index is 12.5. The molecular weight excluding hydrogens is 350 g/mol. The van der Waals surface area contributed by atoms with Crippen molar-refractivity contribution in [3.8, 4) is 0 Å². The Morgan fingerprint density at radius 2 is 2.05 bits per heavy atom. The lowest BCUT2D eigenvalue weighted by Gasteiger charge is -2.39. The highest BCUT2D eigenvalue weighted by atomic mass is 79.9. The van der Waals surface area contributed by atoms with Crippen LogP contribution in [0.15, 0.2) is 28.7 Å². The van der Waals surface area contributed by atoms with Crippen molar-refractivity contribution < 1.29 is 19.4 Å². The first-order valence-corrected chi connectivity index (χ1v) is 8.24. The maximum Gasteiger partial charge on any atom is 0.307 e. The highest BCUT2D eigenvalue weighted by molar-refractivity contribution is 9.10. The van der Waals surface area contributed by atoms with Crippen LogP contribution in [-0.2, 0) is 14.3 Å². The SMILES string of the molecule is O=C(O)C1CCC1C(=O)N1CCOC(c2cccc(Br)c2)C1. The number of carbonyl (C=O) groups excluding carboxylic acids is 1. The van der Waals surface area contributed by atoms with Crippen molar-refractivity contribution in [2.45, 2.75) is 18.9 Å². The van der Waals surface area contributed by atoms with Crippen LogP contribution in [0, 0.1) is 11.8 Å². The van der Waals surface area contributed by atoms with E-state index >= 15 is 0 Å². The quantitative estimate of drug-likeness (QED) is 0.890.